The van der Waals surface area contributed by atoms with Gasteiger partial charge in [0.1, 0.15) is 5.60 Å². The van der Waals surface area contributed by atoms with Crippen LogP contribution in [-0.2, 0) is 24.8 Å². The van der Waals surface area contributed by atoms with E-state index in [-0.39, 0.29) is 6.09 Å². The standard InChI is InChI=1S/C13H20N2O2/c1-13(2,3)17-12(16)15-8-6-11-10(9-15)5-7-14(11)4/h5,7H,6,8-9H2,1-4H3. The molecule has 4 nitrogen and oxygen atoms in total. The number of carbonyl (C=O) groups is 1. The summed E-state index contributed by atoms with van der Waals surface area (Å²) < 4.78 is 7.51. The molecule has 0 saturated heterocycles. The number of rotatable bonds is 0. The van der Waals surface area contributed by atoms with Gasteiger partial charge < -0.3 is 14.2 Å². The van der Waals surface area contributed by atoms with Crippen molar-refractivity contribution in [1.82, 2.24) is 9.47 Å². The van der Waals surface area contributed by atoms with E-state index < -0.39 is 5.60 Å². The van der Waals surface area contributed by atoms with Crippen LogP contribution in [-0.4, -0.2) is 27.7 Å². The lowest BCUT2D eigenvalue weighted by molar-refractivity contribution is 0.0222. The van der Waals surface area contributed by atoms with Gasteiger partial charge in [0.2, 0.25) is 0 Å². The van der Waals surface area contributed by atoms with E-state index in [1.807, 2.05) is 34.0 Å². The number of nitrogens with zero attached hydrogens (tertiary/aromatic N) is 2. The molecule has 0 N–H and O–H groups in total. The number of aromatic nitrogens is 1. The van der Waals surface area contributed by atoms with Crippen molar-refractivity contribution in [1.29, 1.82) is 0 Å². The SMILES string of the molecule is Cn1ccc2c1CCN(C(=O)OC(C)(C)C)C2. The molecule has 1 aliphatic heterocycles. The molecule has 4 heteroatoms. The van der Waals surface area contributed by atoms with Crippen LogP contribution in [0.5, 0.6) is 0 Å². The second kappa shape index (κ2) is 4.09. The lowest BCUT2D eigenvalue weighted by Gasteiger charge is -2.30. The summed E-state index contributed by atoms with van der Waals surface area (Å²) in [7, 11) is 2.04. The van der Waals surface area contributed by atoms with Gasteiger partial charge in [0, 0.05) is 31.9 Å². The van der Waals surface area contributed by atoms with Gasteiger partial charge in [-0.15, -0.1) is 0 Å². The Morgan fingerprint density at radius 1 is 1.41 bits per heavy atom. The van der Waals surface area contributed by atoms with Crippen molar-refractivity contribution in [2.75, 3.05) is 6.54 Å². The molecule has 1 aromatic rings. The van der Waals surface area contributed by atoms with Crippen LogP contribution >= 0.6 is 0 Å². The first-order valence-electron chi connectivity index (χ1n) is 5.98. The number of hydrogen-bond acceptors (Lipinski definition) is 2. The van der Waals surface area contributed by atoms with E-state index in [0.29, 0.717) is 6.54 Å². The van der Waals surface area contributed by atoms with Crippen molar-refractivity contribution in [2.45, 2.75) is 39.3 Å². The first kappa shape index (κ1) is 12.0. The first-order valence-corrected chi connectivity index (χ1v) is 5.98. The summed E-state index contributed by atoms with van der Waals surface area (Å²) in [4.78, 5) is 13.7. The van der Waals surface area contributed by atoms with Gasteiger partial charge in [-0.2, -0.15) is 0 Å². The lowest BCUT2D eigenvalue weighted by atomic mass is 10.1. The van der Waals surface area contributed by atoms with Gasteiger partial charge in [0.25, 0.3) is 0 Å². The van der Waals surface area contributed by atoms with Gasteiger partial charge in [-0.25, -0.2) is 4.79 Å². The van der Waals surface area contributed by atoms with Crippen LogP contribution < -0.4 is 0 Å². The Bertz CT molecular complexity index is 429. The predicted octanol–water partition coefficient (Wildman–Crippen LogP) is 2.32. The third kappa shape index (κ3) is 2.62. The van der Waals surface area contributed by atoms with Gasteiger partial charge in [-0.1, -0.05) is 0 Å². The van der Waals surface area contributed by atoms with E-state index in [1.54, 1.807) is 4.90 Å². The number of ether oxygens (including phenoxy) is 1. The van der Waals surface area contributed by atoms with Gasteiger partial charge >= 0.3 is 6.09 Å². The zero-order valence-corrected chi connectivity index (χ0v) is 11.0. The zero-order valence-electron chi connectivity index (χ0n) is 11.0. The van der Waals surface area contributed by atoms with Crippen molar-refractivity contribution >= 4 is 6.09 Å². The number of aryl methyl sites for hydroxylation is 1. The van der Waals surface area contributed by atoms with Gasteiger partial charge in [0.15, 0.2) is 0 Å². The summed E-state index contributed by atoms with van der Waals surface area (Å²) in [5.41, 5.74) is 2.13. The van der Waals surface area contributed by atoms with E-state index in [9.17, 15) is 4.79 Å². The van der Waals surface area contributed by atoms with E-state index in [2.05, 4.69) is 10.6 Å². The fourth-order valence-electron chi connectivity index (χ4n) is 2.10. The average Bonchev–Trinajstić information content (AvgIpc) is 2.57. The molecule has 0 aromatic carbocycles. The largest absolute Gasteiger partial charge is 0.444 e. The summed E-state index contributed by atoms with van der Waals surface area (Å²) in [5.74, 6) is 0. The Kier molecular flexibility index (Phi) is 2.89. The highest BCUT2D eigenvalue weighted by Crippen LogP contribution is 2.21. The minimum Gasteiger partial charge on any atom is -0.444 e. The number of carbonyl (C=O) groups excluding carboxylic acids is 1. The topological polar surface area (TPSA) is 34.5 Å². The quantitative estimate of drug-likeness (QED) is 0.693. The Morgan fingerprint density at radius 2 is 2.12 bits per heavy atom. The Hall–Kier alpha value is -1.45. The van der Waals surface area contributed by atoms with Gasteiger partial charge in [-0.05, 0) is 32.4 Å². The molecule has 0 unspecified atom stereocenters. The van der Waals surface area contributed by atoms with Gasteiger partial charge in [-0.3, -0.25) is 0 Å². The molecule has 0 atom stereocenters. The van der Waals surface area contributed by atoms with E-state index in [4.69, 9.17) is 4.74 Å². The van der Waals surface area contributed by atoms with Crippen molar-refractivity contribution in [3.05, 3.63) is 23.5 Å². The van der Waals surface area contributed by atoms with Crippen molar-refractivity contribution in [3.8, 4) is 0 Å². The highest BCUT2D eigenvalue weighted by molar-refractivity contribution is 5.68. The molecule has 1 aromatic heterocycles. The molecular formula is C13H20N2O2. The molecule has 0 spiro atoms. The van der Waals surface area contributed by atoms with E-state index in [0.717, 1.165) is 13.0 Å². The Labute approximate surface area is 102 Å². The van der Waals surface area contributed by atoms with Crippen LogP contribution in [0.2, 0.25) is 0 Å². The fraction of sp³-hybridized carbons (Fsp3) is 0.615. The number of fused-ring (bicyclic) bond motifs is 1. The highest BCUT2D eigenvalue weighted by Gasteiger charge is 2.26. The first-order chi connectivity index (χ1) is 7.87. The summed E-state index contributed by atoms with van der Waals surface area (Å²) in [6.07, 6.45) is 2.73. The number of hydrogen-bond donors (Lipinski definition) is 0. The van der Waals surface area contributed by atoms with Crippen LogP contribution in [0.15, 0.2) is 12.3 Å². The maximum Gasteiger partial charge on any atom is 0.410 e. The molecule has 0 aliphatic carbocycles. The van der Waals surface area contributed by atoms with Crippen molar-refractivity contribution in [3.63, 3.8) is 0 Å². The second-order valence-electron chi connectivity index (χ2n) is 5.55. The summed E-state index contributed by atoms with van der Waals surface area (Å²) in [5, 5.41) is 0. The van der Waals surface area contributed by atoms with Crippen LogP contribution in [0.4, 0.5) is 4.79 Å². The van der Waals surface area contributed by atoms with Crippen LogP contribution in [0.1, 0.15) is 32.0 Å². The third-order valence-electron chi connectivity index (χ3n) is 2.93. The van der Waals surface area contributed by atoms with Crippen LogP contribution in [0.25, 0.3) is 0 Å². The summed E-state index contributed by atoms with van der Waals surface area (Å²) in [6.45, 7) is 7.07. The zero-order chi connectivity index (χ0) is 12.6. The number of amides is 1. The smallest absolute Gasteiger partial charge is 0.410 e. The molecule has 1 amide bonds. The molecule has 1 aliphatic rings. The van der Waals surface area contributed by atoms with E-state index >= 15 is 0 Å². The predicted molar refractivity (Wildman–Crippen MR) is 65.8 cm³/mol. The molecule has 0 bridgehead atoms. The van der Waals surface area contributed by atoms with Crippen LogP contribution in [0, 0.1) is 0 Å². The molecular weight excluding hydrogens is 216 g/mol. The lowest BCUT2D eigenvalue weighted by Crippen LogP contribution is -2.40. The molecule has 94 valence electrons. The normalized spacial score (nSPS) is 15.6. The second-order valence-corrected chi connectivity index (χ2v) is 5.55. The van der Waals surface area contributed by atoms with E-state index in [1.165, 1.54) is 11.3 Å². The summed E-state index contributed by atoms with van der Waals surface area (Å²) >= 11 is 0. The Morgan fingerprint density at radius 3 is 2.76 bits per heavy atom. The minimum atomic E-state index is -0.423. The molecule has 2 rings (SSSR count). The molecule has 0 fully saturated rings. The summed E-state index contributed by atoms with van der Waals surface area (Å²) in [6, 6.07) is 2.08. The maximum absolute atomic E-state index is 11.9. The molecule has 17 heavy (non-hydrogen) atoms. The fourth-order valence-corrected chi connectivity index (χ4v) is 2.10. The highest BCUT2D eigenvalue weighted by atomic mass is 16.6. The molecule has 2 heterocycles. The van der Waals surface area contributed by atoms with Crippen molar-refractivity contribution < 1.29 is 9.53 Å². The van der Waals surface area contributed by atoms with Gasteiger partial charge in [0.05, 0.1) is 6.54 Å². The molecule has 0 saturated carbocycles. The molecule has 0 radical (unpaired) electrons. The Balaban J connectivity index is 2.05. The van der Waals surface area contributed by atoms with Crippen LogP contribution in [0.3, 0.4) is 0 Å². The monoisotopic (exact) mass is 236 g/mol. The average molecular weight is 236 g/mol. The third-order valence-corrected chi connectivity index (χ3v) is 2.93. The minimum absolute atomic E-state index is 0.216. The maximum atomic E-state index is 11.9. The van der Waals surface area contributed by atoms with Crippen molar-refractivity contribution in [2.24, 2.45) is 7.05 Å².